The van der Waals surface area contributed by atoms with Gasteiger partial charge in [0.25, 0.3) is 0 Å². The Hall–Kier alpha value is -0.640. The van der Waals surface area contributed by atoms with Crippen LogP contribution in [0.3, 0.4) is 0 Å². The van der Waals surface area contributed by atoms with E-state index in [-0.39, 0.29) is 10.7 Å². The Morgan fingerprint density at radius 1 is 0.938 bits per heavy atom. The highest BCUT2D eigenvalue weighted by molar-refractivity contribution is 9.09. The second-order valence-electron chi connectivity index (χ2n) is 3.12. The highest BCUT2D eigenvalue weighted by Gasteiger charge is 2.04. The lowest BCUT2D eigenvalue weighted by Crippen LogP contribution is -1.90. The zero-order valence-electron chi connectivity index (χ0n) is 8.31. The summed E-state index contributed by atoms with van der Waals surface area (Å²) >= 11 is 9.19. The molecule has 1 unspecified atom stereocenters. The minimum atomic E-state index is -0.311. The fourth-order valence-electron chi connectivity index (χ4n) is 1.35. The summed E-state index contributed by atoms with van der Waals surface area (Å²) in [7, 11) is -0.311. The average molecular weight is 315 g/mol. The third kappa shape index (κ3) is 2.73. The molecule has 16 heavy (non-hydrogen) atoms. The van der Waals surface area contributed by atoms with Gasteiger partial charge in [-0.3, -0.25) is 0 Å². The molecule has 0 spiro atoms. The molecule has 0 saturated heterocycles. The highest BCUT2D eigenvalue weighted by Crippen LogP contribution is 2.22. The van der Waals surface area contributed by atoms with Gasteiger partial charge in [-0.15, -0.1) is 0 Å². The van der Waals surface area contributed by atoms with Crippen LogP contribution in [0.15, 0.2) is 67.8 Å². The van der Waals surface area contributed by atoms with Gasteiger partial charge < -0.3 is 0 Å². The van der Waals surface area contributed by atoms with Crippen LogP contribution in [-0.2, 0) is 10.7 Å². The van der Waals surface area contributed by atoms with E-state index in [1.165, 1.54) is 4.90 Å². The molecular formula is C12H9BrClNS. The minimum Gasteiger partial charge on any atom is -0.177 e. The van der Waals surface area contributed by atoms with E-state index in [0.717, 1.165) is 9.92 Å². The van der Waals surface area contributed by atoms with Crippen molar-refractivity contribution >= 4 is 38.4 Å². The molecule has 1 atom stereocenters. The average Bonchev–Trinajstić information content (AvgIpc) is 2.31. The van der Waals surface area contributed by atoms with Crippen molar-refractivity contribution in [3.05, 3.63) is 59.6 Å². The lowest BCUT2D eigenvalue weighted by atomic mass is 10.4. The molecule has 1 nitrogen and oxygen atoms in total. The van der Waals surface area contributed by atoms with Crippen LogP contribution in [0, 0.1) is 0 Å². The molecule has 0 heterocycles. The van der Waals surface area contributed by atoms with Crippen molar-refractivity contribution in [1.29, 1.82) is 0 Å². The Kier molecular flexibility index (Phi) is 4.16. The van der Waals surface area contributed by atoms with Crippen molar-refractivity contribution in [2.45, 2.75) is 9.79 Å². The van der Waals surface area contributed by atoms with Crippen LogP contribution in [-0.4, -0.2) is 0 Å². The minimum absolute atomic E-state index is 0.311. The molecule has 0 aromatic heterocycles. The summed E-state index contributed by atoms with van der Waals surface area (Å²) in [6.07, 6.45) is 0. The summed E-state index contributed by atoms with van der Waals surface area (Å²) < 4.78 is 4.25. The first kappa shape index (κ1) is 11.8. The Labute approximate surface area is 111 Å². The normalized spacial score (nSPS) is 12.6. The van der Waals surface area contributed by atoms with Gasteiger partial charge in [-0.2, -0.15) is 3.39 Å². The molecule has 4 heteroatoms. The van der Waals surface area contributed by atoms with Crippen LogP contribution < -0.4 is 0 Å². The Morgan fingerprint density at radius 3 is 2.25 bits per heavy atom. The number of rotatable bonds is 2. The predicted octanol–water partition coefficient (Wildman–Crippen LogP) is 4.87. The summed E-state index contributed by atoms with van der Waals surface area (Å²) in [5.74, 6) is 0. The first-order valence-corrected chi connectivity index (χ1v) is 6.95. The second kappa shape index (κ2) is 5.62. The highest BCUT2D eigenvalue weighted by atomic mass is 79.9. The molecule has 2 aromatic rings. The number of nitrogens with zero attached hydrogens (tertiary/aromatic N) is 1. The van der Waals surface area contributed by atoms with Crippen molar-refractivity contribution in [2.24, 2.45) is 3.39 Å². The third-order valence-electron chi connectivity index (χ3n) is 2.05. The van der Waals surface area contributed by atoms with Crippen LogP contribution >= 0.6 is 27.7 Å². The van der Waals surface area contributed by atoms with Crippen LogP contribution in [0.5, 0.6) is 0 Å². The van der Waals surface area contributed by atoms with Crippen molar-refractivity contribution in [2.75, 3.05) is 0 Å². The molecule has 0 aliphatic heterocycles. The monoisotopic (exact) mass is 313 g/mol. The van der Waals surface area contributed by atoms with Crippen molar-refractivity contribution in [3.8, 4) is 0 Å². The van der Waals surface area contributed by atoms with Crippen molar-refractivity contribution in [1.82, 2.24) is 0 Å². The van der Waals surface area contributed by atoms with Crippen LogP contribution in [0.25, 0.3) is 0 Å². The number of benzene rings is 2. The third-order valence-corrected chi connectivity index (χ3v) is 4.72. The van der Waals surface area contributed by atoms with E-state index in [1.807, 2.05) is 42.5 Å². The fourth-order valence-corrected chi connectivity index (χ4v) is 3.90. The van der Waals surface area contributed by atoms with Gasteiger partial charge in [0, 0.05) is 14.8 Å². The van der Waals surface area contributed by atoms with Crippen LogP contribution in [0.2, 0.25) is 5.02 Å². The lowest BCUT2D eigenvalue weighted by Gasteiger charge is -2.06. The quantitative estimate of drug-likeness (QED) is 0.750. The smallest absolute Gasteiger partial charge is 0.0828 e. The number of halogens is 2. The molecule has 0 bridgehead atoms. The largest absolute Gasteiger partial charge is 0.177 e. The number of hydrogen-bond acceptors (Lipinski definition) is 1. The zero-order valence-corrected chi connectivity index (χ0v) is 11.5. The molecule has 2 rings (SSSR count). The summed E-state index contributed by atoms with van der Waals surface area (Å²) in [5.41, 5.74) is 0. The molecule has 0 radical (unpaired) electrons. The molecule has 0 aliphatic rings. The lowest BCUT2D eigenvalue weighted by molar-refractivity contribution is 1.38. The molecule has 82 valence electrons. The van der Waals surface area contributed by atoms with E-state index in [9.17, 15) is 0 Å². The van der Waals surface area contributed by atoms with Gasteiger partial charge in [0.1, 0.15) is 0 Å². The summed E-state index contributed by atoms with van der Waals surface area (Å²) in [6.45, 7) is 0. The van der Waals surface area contributed by atoms with Crippen molar-refractivity contribution < 1.29 is 0 Å². The van der Waals surface area contributed by atoms with Gasteiger partial charge in [-0.1, -0.05) is 35.9 Å². The molecule has 0 aliphatic carbocycles. The second-order valence-corrected chi connectivity index (χ2v) is 6.08. The Bertz CT molecular complexity index is 513. The molecule has 0 amide bonds. The van der Waals surface area contributed by atoms with Gasteiger partial charge >= 0.3 is 0 Å². The van der Waals surface area contributed by atoms with E-state index in [4.69, 9.17) is 11.6 Å². The van der Waals surface area contributed by atoms with Gasteiger partial charge in [0.15, 0.2) is 0 Å². The SMILES string of the molecule is Clc1cccc(/S(=N/Br)c2ccccc2)c1. The van der Waals surface area contributed by atoms with E-state index in [1.54, 1.807) is 0 Å². The molecule has 2 aromatic carbocycles. The molecule has 0 N–H and O–H groups in total. The molecule has 0 saturated carbocycles. The summed E-state index contributed by atoms with van der Waals surface area (Å²) in [5, 5.41) is 0.738. The standard InChI is InChI=1S/C12H9BrClNS/c13-15-16(11-6-2-1-3-7-11)12-8-4-5-10(14)9-12/h1-9H. The molecule has 0 fully saturated rings. The van der Waals surface area contributed by atoms with Gasteiger partial charge in [0.2, 0.25) is 0 Å². The van der Waals surface area contributed by atoms with E-state index < -0.39 is 0 Å². The Morgan fingerprint density at radius 2 is 1.62 bits per heavy atom. The van der Waals surface area contributed by atoms with E-state index >= 15 is 0 Å². The van der Waals surface area contributed by atoms with Gasteiger partial charge in [-0.25, -0.2) is 0 Å². The summed E-state index contributed by atoms with van der Waals surface area (Å²) in [4.78, 5) is 2.28. The summed E-state index contributed by atoms with van der Waals surface area (Å²) in [6, 6.07) is 17.9. The Balaban J connectivity index is 2.46. The maximum atomic E-state index is 5.98. The maximum Gasteiger partial charge on any atom is 0.0828 e. The van der Waals surface area contributed by atoms with E-state index in [0.29, 0.717) is 0 Å². The first-order valence-electron chi connectivity index (χ1n) is 4.68. The van der Waals surface area contributed by atoms with Gasteiger partial charge in [0.05, 0.1) is 16.1 Å². The maximum absolute atomic E-state index is 5.98. The molecular weight excluding hydrogens is 306 g/mol. The van der Waals surface area contributed by atoms with E-state index in [2.05, 4.69) is 31.7 Å². The topological polar surface area (TPSA) is 12.4 Å². The number of hydrogen-bond donors (Lipinski definition) is 0. The van der Waals surface area contributed by atoms with Crippen LogP contribution in [0.1, 0.15) is 0 Å². The zero-order chi connectivity index (χ0) is 11.4. The van der Waals surface area contributed by atoms with Crippen LogP contribution in [0.4, 0.5) is 0 Å². The fraction of sp³-hybridized carbons (Fsp3) is 0. The van der Waals surface area contributed by atoms with Crippen molar-refractivity contribution in [3.63, 3.8) is 0 Å². The first-order chi connectivity index (χ1) is 7.81. The van der Waals surface area contributed by atoms with Gasteiger partial charge in [-0.05, 0) is 41.0 Å². The predicted molar refractivity (Wildman–Crippen MR) is 73.1 cm³/mol.